The van der Waals surface area contributed by atoms with Crippen LogP contribution in [0.25, 0.3) is 0 Å². The Balaban J connectivity index is 2.11. The fourth-order valence-electron chi connectivity index (χ4n) is 2.23. The van der Waals surface area contributed by atoms with Crippen LogP contribution in [-0.2, 0) is 0 Å². The molecule has 1 unspecified atom stereocenters. The number of hydrogen-bond acceptors (Lipinski definition) is 3. The minimum atomic E-state index is -2.82. The topological polar surface area (TPSA) is 34.2 Å². The summed E-state index contributed by atoms with van der Waals surface area (Å²) in [5.74, 6) is 0.200. The third-order valence-corrected chi connectivity index (χ3v) is 3.29. The first-order chi connectivity index (χ1) is 10.1. The van der Waals surface area contributed by atoms with Crippen LogP contribution in [0.4, 0.5) is 8.78 Å². The number of para-hydroxylation sites is 1. The molecule has 0 aliphatic heterocycles. The molecule has 0 fully saturated rings. The predicted octanol–water partition coefficient (Wildman–Crippen LogP) is 4.09. The molecule has 5 heteroatoms. The summed E-state index contributed by atoms with van der Waals surface area (Å²) in [4.78, 5) is 4.08. The van der Waals surface area contributed by atoms with Crippen LogP contribution < -0.4 is 10.1 Å². The van der Waals surface area contributed by atoms with Crippen LogP contribution in [0.1, 0.15) is 37.1 Å². The number of benzene rings is 1. The summed E-state index contributed by atoms with van der Waals surface area (Å²) in [5.41, 5.74) is 1.74. The van der Waals surface area contributed by atoms with Gasteiger partial charge in [-0.3, -0.25) is 4.98 Å². The average Bonchev–Trinajstić information content (AvgIpc) is 2.48. The van der Waals surface area contributed by atoms with Crippen molar-refractivity contribution < 1.29 is 13.5 Å². The third-order valence-electron chi connectivity index (χ3n) is 3.29. The summed E-state index contributed by atoms with van der Waals surface area (Å²) in [5, 5.41) is 3.36. The summed E-state index contributed by atoms with van der Waals surface area (Å²) in [6, 6.07) is 10.6. The zero-order valence-corrected chi connectivity index (χ0v) is 12.0. The summed E-state index contributed by atoms with van der Waals surface area (Å²) >= 11 is 0. The zero-order valence-electron chi connectivity index (χ0n) is 12.0. The largest absolute Gasteiger partial charge is 0.434 e. The van der Waals surface area contributed by atoms with E-state index in [1.54, 1.807) is 36.7 Å². The molecule has 2 atom stereocenters. The molecule has 0 saturated heterocycles. The van der Waals surface area contributed by atoms with Gasteiger partial charge in [-0.25, -0.2) is 0 Å². The van der Waals surface area contributed by atoms with Crippen LogP contribution in [0.15, 0.2) is 48.8 Å². The van der Waals surface area contributed by atoms with Crippen LogP contribution >= 0.6 is 0 Å². The monoisotopic (exact) mass is 292 g/mol. The van der Waals surface area contributed by atoms with Crippen molar-refractivity contribution in [3.8, 4) is 5.75 Å². The van der Waals surface area contributed by atoms with Gasteiger partial charge in [0.1, 0.15) is 5.75 Å². The normalized spacial score (nSPS) is 14.0. The summed E-state index contributed by atoms with van der Waals surface area (Å²) < 4.78 is 29.4. The second-order valence-electron chi connectivity index (χ2n) is 4.81. The van der Waals surface area contributed by atoms with E-state index < -0.39 is 6.61 Å². The fourth-order valence-corrected chi connectivity index (χ4v) is 2.23. The van der Waals surface area contributed by atoms with Crippen molar-refractivity contribution in [1.82, 2.24) is 10.3 Å². The average molecular weight is 292 g/mol. The van der Waals surface area contributed by atoms with Gasteiger partial charge in [0.2, 0.25) is 0 Å². The summed E-state index contributed by atoms with van der Waals surface area (Å²) in [6.45, 7) is 1.10. The Morgan fingerprint density at radius 2 is 1.81 bits per heavy atom. The lowest BCUT2D eigenvalue weighted by Gasteiger charge is -2.22. The molecule has 1 N–H and O–H groups in total. The van der Waals surface area contributed by atoms with E-state index in [2.05, 4.69) is 15.0 Å². The van der Waals surface area contributed by atoms with Crippen LogP contribution in [0.2, 0.25) is 0 Å². The number of halogens is 2. The second kappa shape index (κ2) is 7.13. The first-order valence-electron chi connectivity index (χ1n) is 6.77. The Kier molecular flexibility index (Phi) is 5.22. The van der Waals surface area contributed by atoms with Gasteiger partial charge in [-0.2, -0.15) is 8.78 Å². The van der Waals surface area contributed by atoms with Gasteiger partial charge in [-0.05, 0) is 31.5 Å². The highest BCUT2D eigenvalue weighted by atomic mass is 19.3. The van der Waals surface area contributed by atoms with E-state index in [1.165, 1.54) is 0 Å². The number of ether oxygens (including phenoxy) is 1. The molecular formula is C16H18F2N2O. The number of rotatable bonds is 6. The molecular weight excluding hydrogens is 274 g/mol. The lowest BCUT2D eigenvalue weighted by Crippen LogP contribution is -2.23. The number of aromatic nitrogens is 1. The molecule has 1 aromatic carbocycles. The van der Waals surface area contributed by atoms with Crippen molar-refractivity contribution in [3.63, 3.8) is 0 Å². The van der Waals surface area contributed by atoms with E-state index in [0.29, 0.717) is 5.56 Å². The maximum Gasteiger partial charge on any atom is 0.387 e. The highest BCUT2D eigenvalue weighted by molar-refractivity contribution is 5.36. The molecule has 112 valence electrons. The second-order valence-corrected chi connectivity index (χ2v) is 4.81. The van der Waals surface area contributed by atoms with Gasteiger partial charge < -0.3 is 10.1 Å². The van der Waals surface area contributed by atoms with Crippen molar-refractivity contribution in [1.29, 1.82) is 0 Å². The van der Waals surface area contributed by atoms with E-state index in [1.807, 2.05) is 26.0 Å². The summed E-state index contributed by atoms with van der Waals surface area (Å²) in [7, 11) is 0. The van der Waals surface area contributed by atoms with Gasteiger partial charge in [-0.1, -0.05) is 24.3 Å². The molecule has 1 heterocycles. The van der Waals surface area contributed by atoms with Gasteiger partial charge in [-0.15, -0.1) is 0 Å². The maximum atomic E-state index is 12.4. The van der Waals surface area contributed by atoms with Crippen LogP contribution in [0, 0.1) is 0 Å². The number of nitrogens with zero attached hydrogens (tertiary/aromatic N) is 1. The van der Waals surface area contributed by atoms with Crippen LogP contribution in [0.5, 0.6) is 5.75 Å². The number of nitrogens with one attached hydrogen (secondary N) is 1. The minimum absolute atomic E-state index is 0.0494. The van der Waals surface area contributed by atoms with Crippen LogP contribution in [0.3, 0.4) is 0 Å². The van der Waals surface area contributed by atoms with Crippen molar-refractivity contribution in [2.45, 2.75) is 32.5 Å². The first kappa shape index (κ1) is 15.4. The summed E-state index contributed by atoms with van der Waals surface area (Å²) in [6.07, 6.45) is 3.50. The highest BCUT2D eigenvalue weighted by Gasteiger charge is 2.16. The van der Waals surface area contributed by atoms with E-state index in [0.717, 1.165) is 5.56 Å². The Morgan fingerprint density at radius 1 is 1.05 bits per heavy atom. The van der Waals surface area contributed by atoms with Crippen molar-refractivity contribution >= 4 is 0 Å². The Labute approximate surface area is 123 Å². The fraction of sp³-hybridized carbons (Fsp3) is 0.312. The minimum Gasteiger partial charge on any atom is -0.434 e. The number of alkyl halides is 2. The molecule has 0 aliphatic carbocycles. The van der Waals surface area contributed by atoms with E-state index in [4.69, 9.17) is 0 Å². The molecule has 0 aliphatic rings. The quantitative estimate of drug-likeness (QED) is 0.870. The van der Waals surface area contributed by atoms with E-state index >= 15 is 0 Å². The standard InChI is InChI=1S/C16H18F2N2O/c1-11(13-6-5-9-19-10-13)20-12(2)14-7-3-4-8-15(14)21-16(17)18/h3-12,16,20H,1-2H3/t11-,12?/m0/s1. The van der Waals surface area contributed by atoms with Crippen molar-refractivity contribution in [2.24, 2.45) is 0 Å². The van der Waals surface area contributed by atoms with E-state index in [-0.39, 0.29) is 17.8 Å². The van der Waals surface area contributed by atoms with Gasteiger partial charge in [0.25, 0.3) is 0 Å². The molecule has 0 spiro atoms. The van der Waals surface area contributed by atoms with Gasteiger partial charge in [0.05, 0.1) is 0 Å². The third kappa shape index (κ3) is 4.23. The highest BCUT2D eigenvalue weighted by Crippen LogP contribution is 2.28. The Hall–Kier alpha value is -2.01. The zero-order chi connectivity index (χ0) is 15.2. The Morgan fingerprint density at radius 3 is 2.48 bits per heavy atom. The molecule has 1 aromatic heterocycles. The molecule has 0 bridgehead atoms. The Bertz CT molecular complexity index is 563. The lowest BCUT2D eigenvalue weighted by atomic mass is 10.0. The molecule has 21 heavy (non-hydrogen) atoms. The molecule has 2 aromatic rings. The SMILES string of the molecule is CC(N[C@@H](C)c1cccnc1)c1ccccc1OC(F)F. The molecule has 2 rings (SSSR count). The van der Waals surface area contributed by atoms with Gasteiger partial charge in [0.15, 0.2) is 0 Å². The first-order valence-corrected chi connectivity index (χ1v) is 6.77. The lowest BCUT2D eigenvalue weighted by molar-refractivity contribution is -0.0506. The van der Waals surface area contributed by atoms with Crippen molar-refractivity contribution in [3.05, 3.63) is 59.9 Å². The van der Waals surface area contributed by atoms with E-state index in [9.17, 15) is 8.78 Å². The molecule has 0 radical (unpaired) electrons. The van der Waals surface area contributed by atoms with Gasteiger partial charge >= 0.3 is 6.61 Å². The number of hydrogen-bond donors (Lipinski definition) is 1. The predicted molar refractivity (Wildman–Crippen MR) is 77.3 cm³/mol. The smallest absolute Gasteiger partial charge is 0.387 e. The molecule has 3 nitrogen and oxygen atoms in total. The molecule has 0 saturated carbocycles. The van der Waals surface area contributed by atoms with Crippen molar-refractivity contribution in [2.75, 3.05) is 0 Å². The molecule has 0 amide bonds. The number of pyridine rings is 1. The van der Waals surface area contributed by atoms with Gasteiger partial charge in [0, 0.05) is 30.0 Å². The maximum absolute atomic E-state index is 12.4. The van der Waals surface area contributed by atoms with Crippen LogP contribution in [-0.4, -0.2) is 11.6 Å².